The van der Waals surface area contributed by atoms with Gasteiger partial charge in [-0.2, -0.15) is 0 Å². The Morgan fingerprint density at radius 2 is 1.83 bits per heavy atom. The maximum atomic E-state index is 13.2. The number of carbonyl (C=O) groups is 2. The molecule has 35 heavy (non-hydrogen) atoms. The first-order valence-corrected chi connectivity index (χ1v) is 13.4. The van der Waals surface area contributed by atoms with E-state index in [4.69, 9.17) is 0 Å². The summed E-state index contributed by atoms with van der Waals surface area (Å²) in [7, 11) is 2.11. The summed E-state index contributed by atoms with van der Waals surface area (Å²) in [6, 6.07) is 16.3. The Morgan fingerprint density at radius 1 is 1.09 bits per heavy atom. The van der Waals surface area contributed by atoms with E-state index in [9.17, 15) is 9.59 Å². The molecule has 0 saturated heterocycles. The van der Waals surface area contributed by atoms with Crippen molar-refractivity contribution >= 4 is 23.6 Å². The summed E-state index contributed by atoms with van der Waals surface area (Å²) < 4.78 is 0. The Bertz CT molecular complexity index is 922. The average molecular weight is 478 g/mol. The normalized spacial score (nSPS) is 15.0. The zero-order chi connectivity index (χ0) is 25.0. The van der Waals surface area contributed by atoms with Crippen LogP contribution in [0.2, 0.25) is 0 Å². The molecule has 2 aromatic rings. The van der Waals surface area contributed by atoms with Crippen molar-refractivity contribution in [3.05, 3.63) is 59.7 Å². The van der Waals surface area contributed by atoms with Crippen LogP contribution in [0.15, 0.2) is 48.5 Å². The maximum absolute atomic E-state index is 13.2. The molecule has 1 aliphatic carbocycles. The van der Waals surface area contributed by atoms with Crippen LogP contribution < -0.4 is 15.5 Å². The molecular weight excluding hydrogens is 434 g/mol. The van der Waals surface area contributed by atoms with E-state index >= 15 is 0 Å². The van der Waals surface area contributed by atoms with E-state index in [1.54, 1.807) is 0 Å². The Balaban J connectivity index is 1.75. The van der Waals surface area contributed by atoms with Crippen LogP contribution in [0, 0.1) is 11.8 Å². The van der Waals surface area contributed by atoms with Gasteiger partial charge in [-0.25, -0.2) is 0 Å². The lowest BCUT2D eigenvalue weighted by molar-refractivity contribution is -0.108. The summed E-state index contributed by atoms with van der Waals surface area (Å²) in [6.45, 7) is 6.22. The molecule has 1 unspecified atom stereocenters. The van der Waals surface area contributed by atoms with E-state index in [0.717, 1.165) is 56.4 Å². The minimum absolute atomic E-state index is 0.0804. The van der Waals surface area contributed by atoms with E-state index in [1.165, 1.54) is 24.8 Å². The molecule has 5 heteroatoms. The van der Waals surface area contributed by atoms with Crippen molar-refractivity contribution in [2.45, 2.75) is 71.3 Å². The number of amides is 1. The van der Waals surface area contributed by atoms with Crippen molar-refractivity contribution in [1.29, 1.82) is 0 Å². The van der Waals surface area contributed by atoms with Gasteiger partial charge in [0.25, 0.3) is 5.91 Å². The highest BCUT2D eigenvalue weighted by molar-refractivity contribution is 5.96. The van der Waals surface area contributed by atoms with Gasteiger partial charge in [0.2, 0.25) is 0 Å². The largest absolute Gasteiger partial charge is 0.383 e. The Labute approximate surface area is 211 Å². The van der Waals surface area contributed by atoms with Crippen LogP contribution in [0.5, 0.6) is 0 Å². The number of nitrogens with one attached hydrogen (secondary N) is 2. The van der Waals surface area contributed by atoms with Crippen molar-refractivity contribution in [3.63, 3.8) is 0 Å². The quantitative estimate of drug-likeness (QED) is 0.343. The van der Waals surface area contributed by atoms with E-state index in [-0.39, 0.29) is 11.9 Å². The highest BCUT2D eigenvalue weighted by atomic mass is 16.1. The van der Waals surface area contributed by atoms with Gasteiger partial charge < -0.3 is 20.3 Å². The third-order valence-corrected chi connectivity index (χ3v) is 7.17. The molecule has 2 aromatic carbocycles. The maximum Gasteiger partial charge on any atom is 0.251 e. The molecule has 0 heterocycles. The van der Waals surface area contributed by atoms with E-state index in [0.29, 0.717) is 23.8 Å². The van der Waals surface area contributed by atoms with E-state index in [1.807, 2.05) is 18.2 Å². The molecular formula is C30H43N3O2. The van der Waals surface area contributed by atoms with E-state index in [2.05, 4.69) is 66.8 Å². The third kappa shape index (κ3) is 8.41. The molecule has 1 aliphatic rings. The highest BCUT2D eigenvalue weighted by Crippen LogP contribution is 2.29. The number of hydrogen-bond acceptors (Lipinski definition) is 4. The fourth-order valence-corrected chi connectivity index (χ4v) is 4.97. The standard InChI is InChI=1S/C30H43N3O2/c1-23(2)17-20-33(3)29-15-14-26(22-28(29)31-19-16-24-10-6-4-7-11-24)30(35)32-27(18-21-34)25-12-8-5-9-13-25/h4,6-7,10-11,14-15,21-23,25,27,31H,5,8-9,12-13,16-20H2,1-3H3,(H,32,35). The number of carbonyl (C=O) groups excluding carboxylic acids is 2. The molecule has 2 N–H and O–H groups in total. The summed E-state index contributed by atoms with van der Waals surface area (Å²) in [5, 5.41) is 6.78. The predicted molar refractivity (Wildman–Crippen MR) is 146 cm³/mol. The van der Waals surface area contributed by atoms with Crippen LogP contribution in [0.25, 0.3) is 0 Å². The number of benzene rings is 2. The summed E-state index contributed by atoms with van der Waals surface area (Å²) in [6.07, 6.45) is 9.15. The summed E-state index contributed by atoms with van der Waals surface area (Å²) in [5.41, 5.74) is 4.00. The molecule has 1 atom stereocenters. The zero-order valence-electron chi connectivity index (χ0n) is 21.8. The Kier molecular flexibility index (Phi) is 10.6. The van der Waals surface area contributed by atoms with Crippen molar-refractivity contribution < 1.29 is 9.59 Å². The zero-order valence-corrected chi connectivity index (χ0v) is 21.8. The van der Waals surface area contributed by atoms with Gasteiger partial charge in [-0.3, -0.25) is 4.79 Å². The second-order valence-corrected chi connectivity index (χ2v) is 10.4. The Morgan fingerprint density at radius 3 is 2.51 bits per heavy atom. The lowest BCUT2D eigenvalue weighted by atomic mass is 9.82. The monoisotopic (exact) mass is 477 g/mol. The van der Waals surface area contributed by atoms with Gasteiger partial charge in [0.05, 0.1) is 11.4 Å². The number of nitrogens with zero attached hydrogens (tertiary/aromatic N) is 1. The predicted octanol–water partition coefficient (Wildman–Crippen LogP) is 6.09. The molecule has 1 fully saturated rings. The number of anilines is 2. The fourth-order valence-electron chi connectivity index (χ4n) is 4.97. The van der Waals surface area contributed by atoms with Crippen molar-refractivity contribution in [3.8, 4) is 0 Å². The molecule has 0 bridgehead atoms. The van der Waals surface area contributed by atoms with E-state index < -0.39 is 0 Å². The first-order chi connectivity index (χ1) is 17.0. The fraction of sp³-hybridized carbons (Fsp3) is 0.533. The van der Waals surface area contributed by atoms with Crippen LogP contribution in [-0.2, 0) is 11.2 Å². The third-order valence-electron chi connectivity index (χ3n) is 7.17. The first kappa shape index (κ1) is 26.8. The summed E-state index contributed by atoms with van der Waals surface area (Å²) in [5.74, 6) is 0.930. The smallest absolute Gasteiger partial charge is 0.251 e. The first-order valence-electron chi connectivity index (χ1n) is 13.4. The van der Waals surface area contributed by atoms with Gasteiger partial charge in [-0.15, -0.1) is 0 Å². The number of rotatable bonds is 13. The van der Waals surface area contributed by atoms with Crippen LogP contribution in [-0.4, -0.2) is 38.4 Å². The highest BCUT2D eigenvalue weighted by Gasteiger charge is 2.25. The SMILES string of the molecule is CC(C)CCN(C)c1ccc(C(=O)NC(CC=O)C2CCCCC2)cc1NCCc1ccccc1. The summed E-state index contributed by atoms with van der Waals surface area (Å²) >= 11 is 0. The van der Waals surface area contributed by atoms with Gasteiger partial charge in [-0.1, -0.05) is 63.4 Å². The molecule has 1 amide bonds. The Hall–Kier alpha value is -2.82. The van der Waals surface area contributed by atoms with Gasteiger partial charge in [-0.05, 0) is 61.3 Å². The molecule has 190 valence electrons. The number of hydrogen-bond donors (Lipinski definition) is 2. The van der Waals surface area contributed by atoms with Crippen molar-refractivity contribution in [1.82, 2.24) is 5.32 Å². The summed E-state index contributed by atoms with van der Waals surface area (Å²) in [4.78, 5) is 26.8. The molecule has 5 nitrogen and oxygen atoms in total. The van der Waals surface area contributed by atoms with Crippen LogP contribution >= 0.6 is 0 Å². The van der Waals surface area contributed by atoms with Gasteiger partial charge in [0, 0.05) is 38.2 Å². The van der Waals surface area contributed by atoms with Gasteiger partial charge in [0.15, 0.2) is 0 Å². The lowest BCUT2D eigenvalue weighted by Crippen LogP contribution is -2.41. The molecule has 0 aliphatic heterocycles. The number of aldehydes is 1. The van der Waals surface area contributed by atoms with Gasteiger partial charge in [0.1, 0.15) is 6.29 Å². The molecule has 3 rings (SSSR count). The molecule has 0 aromatic heterocycles. The minimum atomic E-state index is -0.0927. The second kappa shape index (κ2) is 13.9. The van der Waals surface area contributed by atoms with Gasteiger partial charge >= 0.3 is 0 Å². The topological polar surface area (TPSA) is 61.4 Å². The lowest BCUT2D eigenvalue weighted by Gasteiger charge is -2.30. The molecule has 1 saturated carbocycles. The molecule has 0 radical (unpaired) electrons. The molecule has 0 spiro atoms. The van der Waals surface area contributed by atoms with Crippen LogP contribution in [0.4, 0.5) is 11.4 Å². The van der Waals surface area contributed by atoms with Crippen molar-refractivity contribution in [2.75, 3.05) is 30.4 Å². The minimum Gasteiger partial charge on any atom is -0.383 e. The van der Waals surface area contributed by atoms with Crippen molar-refractivity contribution in [2.24, 2.45) is 11.8 Å². The average Bonchev–Trinajstić information content (AvgIpc) is 2.88. The van der Waals surface area contributed by atoms with Crippen LogP contribution in [0.1, 0.15) is 74.7 Å². The second-order valence-electron chi connectivity index (χ2n) is 10.4. The van der Waals surface area contributed by atoms with Crippen LogP contribution in [0.3, 0.4) is 0 Å².